The molecule has 1 N–H and O–H groups in total. The standard InChI is InChI=1S/C19H23ClN2S2/c1-4-19(3,14(2)12-15-7-9-16(20)10-8-15)24-18(23)22-17-6-5-11-21-13-17/h5-11,13-14H,4,12H2,1-3H3,(H,22,23). The third kappa shape index (κ3) is 5.47. The molecular weight excluding hydrogens is 356 g/mol. The average molecular weight is 379 g/mol. The fourth-order valence-corrected chi connectivity index (χ4v) is 4.34. The largest absolute Gasteiger partial charge is 0.340 e. The van der Waals surface area contributed by atoms with Crippen LogP contribution in [0.15, 0.2) is 48.8 Å². The maximum absolute atomic E-state index is 5.98. The Bertz CT molecular complexity index is 661. The molecule has 0 spiro atoms. The van der Waals surface area contributed by atoms with Gasteiger partial charge in [0.15, 0.2) is 0 Å². The molecule has 2 unspecified atom stereocenters. The lowest BCUT2D eigenvalue weighted by atomic mass is 9.87. The third-order valence-electron chi connectivity index (χ3n) is 4.43. The van der Waals surface area contributed by atoms with E-state index >= 15 is 0 Å². The molecule has 0 aliphatic heterocycles. The van der Waals surface area contributed by atoms with Gasteiger partial charge in [-0.3, -0.25) is 4.98 Å². The van der Waals surface area contributed by atoms with Crippen LogP contribution in [0, 0.1) is 5.92 Å². The summed E-state index contributed by atoms with van der Waals surface area (Å²) in [5, 5.41) is 4.05. The van der Waals surface area contributed by atoms with Gasteiger partial charge in [0.2, 0.25) is 0 Å². The number of aromatic nitrogens is 1. The first-order valence-corrected chi connectivity index (χ1v) is 9.67. The Kier molecular flexibility index (Phi) is 7.08. The first-order chi connectivity index (χ1) is 11.4. The SMILES string of the molecule is CCC(C)(SC(=S)Nc1cccnc1)C(C)Cc1ccc(Cl)cc1. The van der Waals surface area contributed by atoms with E-state index in [9.17, 15) is 0 Å². The molecule has 0 bridgehead atoms. The number of nitrogens with one attached hydrogen (secondary N) is 1. The monoisotopic (exact) mass is 378 g/mol. The van der Waals surface area contributed by atoms with E-state index in [1.165, 1.54) is 5.56 Å². The maximum atomic E-state index is 5.98. The van der Waals surface area contributed by atoms with Crippen molar-refractivity contribution in [2.24, 2.45) is 5.92 Å². The molecule has 0 amide bonds. The highest BCUT2D eigenvalue weighted by molar-refractivity contribution is 8.24. The number of anilines is 1. The van der Waals surface area contributed by atoms with Crippen LogP contribution in [0.25, 0.3) is 0 Å². The van der Waals surface area contributed by atoms with Crippen molar-refractivity contribution in [2.75, 3.05) is 5.32 Å². The van der Waals surface area contributed by atoms with Gasteiger partial charge in [0.05, 0.1) is 11.9 Å². The molecule has 1 heterocycles. The Labute approximate surface area is 159 Å². The molecule has 0 saturated carbocycles. The molecule has 0 saturated heterocycles. The molecule has 0 aliphatic carbocycles. The van der Waals surface area contributed by atoms with Gasteiger partial charge in [-0.1, -0.05) is 61.6 Å². The normalized spacial score (nSPS) is 14.7. The lowest BCUT2D eigenvalue weighted by molar-refractivity contribution is 0.420. The summed E-state index contributed by atoms with van der Waals surface area (Å²) < 4.78 is 0.849. The fraction of sp³-hybridized carbons (Fsp3) is 0.368. The number of hydrogen-bond donors (Lipinski definition) is 1. The van der Waals surface area contributed by atoms with Crippen LogP contribution >= 0.6 is 35.6 Å². The Balaban J connectivity index is 2.00. The molecule has 0 radical (unpaired) electrons. The summed E-state index contributed by atoms with van der Waals surface area (Å²) in [6.45, 7) is 6.80. The van der Waals surface area contributed by atoms with E-state index in [1.807, 2.05) is 24.3 Å². The van der Waals surface area contributed by atoms with Crippen molar-refractivity contribution in [3.63, 3.8) is 0 Å². The topological polar surface area (TPSA) is 24.9 Å². The lowest BCUT2D eigenvalue weighted by Gasteiger charge is -2.34. The van der Waals surface area contributed by atoms with Crippen LogP contribution in [0.1, 0.15) is 32.8 Å². The highest BCUT2D eigenvalue weighted by Crippen LogP contribution is 2.39. The van der Waals surface area contributed by atoms with Crippen molar-refractivity contribution < 1.29 is 0 Å². The summed E-state index contributed by atoms with van der Waals surface area (Å²) in [7, 11) is 0. The Morgan fingerprint density at radius 1 is 1.33 bits per heavy atom. The number of rotatable bonds is 6. The van der Waals surface area contributed by atoms with Crippen LogP contribution in [0.5, 0.6) is 0 Å². The molecule has 2 aromatic rings. The van der Waals surface area contributed by atoms with Gasteiger partial charge in [-0.2, -0.15) is 0 Å². The number of hydrogen-bond acceptors (Lipinski definition) is 3. The predicted octanol–water partition coefficient (Wildman–Crippen LogP) is 6.21. The third-order valence-corrected chi connectivity index (χ3v) is 6.48. The van der Waals surface area contributed by atoms with E-state index in [-0.39, 0.29) is 4.75 Å². The quantitative estimate of drug-likeness (QED) is 0.603. The molecule has 2 nitrogen and oxygen atoms in total. The molecule has 128 valence electrons. The summed E-state index contributed by atoms with van der Waals surface area (Å²) >= 11 is 13.3. The second-order valence-corrected chi connectivity index (χ2v) is 8.80. The first-order valence-electron chi connectivity index (χ1n) is 8.07. The molecule has 0 fully saturated rings. The smallest absolute Gasteiger partial charge is 0.138 e. The van der Waals surface area contributed by atoms with Crippen molar-refractivity contribution >= 4 is 45.6 Å². The summed E-state index contributed by atoms with van der Waals surface area (Å²) in [4.78, 5) is 4.11. The highest BCUT2D eigenvalue weighted by atomic mass is 35.5. The van der Waals surface area contributed by atoms with Crippen molar-refractivity contribution in [2.45, 2.75) is 38.4 Å². The van der Waals surface area contributed by atoms with Crippen molar-refractivity contribution in [1.29, 1.82) is 0 Å². The molecule has 2 rings (SSSR count). The van der Waals surface area contributed by atoms with Gasteiger partial charge in [-0.15, -0.1) is 0 Å². The summed E-state index contributed by atoms with van der Waals surface area (Å²) in [5.74, 6) is 0.474. The predicted molar refractivity (Wildman–Crippen MR) is 111 cm³/mol. The number of halogens is 1. The minimum Gasteiger partial charge on any atom is -0.340 e. The van der Waals surface area contributed by atoms with E-state index in [2.05, 4.69) is 43.2 Å². The fourth-order valence-electron chi connectivity index (χ4n) is 2.50. The van der Waals surface area contributed by atoms with Crippen molar-refractivity contribution in [3.05, 3.63) is 59.4 Å². The minimum atomic E-state index is 0.0614. The van der Waals surface area contributed by atoms with E-state index in [0.717, 1.165) is 27.9 Å². The van der Waals surface area contributed by atoms with Gasteiger partial charge in [0.25, 0.3) is 0 Å². The molecule has 5 heteroatoms. The average Bonchev–Trinajstić information content (AvgIpc) is 2.57. The second-order valence-electron chi connectivity index (χ2n) is 6.15. The minimum absolute atomic E-state index is 0.0614. The molecule has 1 aromatic carbocycles. The number of benzene rings is 1. The number of nitrogens with zero attached hydrogens (tertiary/aromatic N) is 1. The van der Waals surface area contributed by atoms with Gasteiger partial charge in [0, 0.05) is 16.0 Å². The van der Waals surface area contributed by atoms with Gasteiger partial charge in [-0.25, -0.2) is 0 Å². The number of pyridine rings is 1. The lowest BCUT2D eigenvalue weighted by Crippen LogP contribution is -2.32. The van der Waals surface area contributed by atoms with Gasteiger partial charge >= 0.3 is 0 Å². The molecule has 2 atom stereocenters. The van der Waals surface area contributed by atoms with Crippen LogP contribution < -0.4 is 5.32 Å². The number of thioether (sulfide) groups is 1. The van der Waals surface area contributed by atoms with Gasteiger partial charge in [0.1, 0.15) is 4.32 Å². The van der Waals surface area contributed by atoms with E-state index in [1.54, 1.807) is 24.2 Å². The zero-order valence-corrected chi connectivity index (χ0v) is 16.6. The molecular formula is C19H23ClN2S2. The second kappa shape index (κ2) is 8.84. The maximum Gasteiger partial charge on any atom is 0.138 e. The summed E-state index contributed by atoms with van der Waals surface area (Å²) in [5.41, 5.74) is 2.23. The van der Waals surface area contributed by atoms with Crippen LogP contribution in [0.4, 0.5) is 5.69 Å². The van der Waals surface area contributed by atoms with Gasteiger partial charge in [-0.05, 0) is 55.5 Å². The van der Waals surface area contributed by atoms with E-state index in [0.29, 0.717) is 5.92 Å². The summed E-state index contributed by atoms with van der Waals surface area (Å²) in [6, 6.07) is 12.0. The van der Waals surface area contributed by atoms with Crippen molar-refractivity contribution in [3.8, 4) is 0 Å². The molecule has 1 aromatic heterocycles. The molecule has 0 aliphatic rings. The number of thiocarbonyl (C=S) groups is 1. The van der Waals surface area contributed by atoms with Crippen molar-refractivity contribution in [1.82, 2.24) is 4.98 Å². The zero-order chi connectivity index (χ0) is 17.6. The van der Waals surface area contributed by atoms with E-state index < -0.39 is 0 Å². The molecule has 24 heavy (non-hydrogen) atoms. The summed E-state index contributed by atoms with van der Waals surface area (Å²) in [6.07, 6.45) is 5.59. The van der Waals surface area contributed by atoms with E-state index in [4.69, 9.17) is 23.8 Å². The van der Waals surface area contributed by atoms with Crippen LogP contribution in [0.3, 0.4) is 0 Å². The highest BCUT2D eigenvalue weighted by Gasteiger charge is 2.31. The Morgan fingerprint density at radius 3 is 2.62 bits per heavy atom. The first kappa shape index (κ1) is 19.2. The Hall–Kier alpha value is -1.10. The van der Waals surface area contributed by atoms with Crippen LogP contribution in [0.2, 0.25) is 5.02 Å². The van der Waals surface area contributed by atoms with Crippen LogP contribution in [-0.2, 0) is 6.42 Å². The Morgan fingerprint density at radius 2 is 2.04 bits per heavy atom. The van der Waals surface area contributed by atoms with Gasteiger partial charge < -0.3 is 5.32 Å². The van der Waals surface area contributed by atoms with Crippen LogP contribution in [-0.4, -0.2) is 14.1 Å². The zero-order valence-electron chi connectivity index (χ0n) is 14.3.